The van der Waals surface area contributed by atoms with Crippen molar-refractivity contribution in [3.8, 4) is 0 Å². The van der Waals surface area contributed by atoms with Gasteiger partial charge in [-0.15, -0.1) is 0 Å². The lowest BCUT2D eigenvalue weighted by atomic mass is 10.1. The van der Waals surface area contributed by atoms with E-state index >= 15 is 0 Å². The molecule has 0 radical (unpaired) electrons. The number of imidazole rings is 1. The van der Waals surface area contributed by atoms with Gasteiger partial charge in [-0.05, 0) is 25.7 Å². The highest BCUT2D eigenvalue weighted by atomic mass is 16.6. The monoisotopic (exact) mass is 1050 g/mol. The van der Waals surface area contributed by atoms with Crippen LogP contribution in [0.3, 0.4) is 0 Å². The molecule has 426 valence electrons. The Hall–Kier alpha value is -4.50. The van der Waals surface area contributed by atoms with Crippen LogP contribution in [0.25, 0.3) is 0 Å². The third kappa shape index (κ3) is 39.9. The Labute approximate surface area is 446 Å². The number of carbonyl (C=O) groups is 7. The molecule has 0 saturated carbocycles. The number of hydrogen-bond donors (Lipinski definition) is 0. The first-order valence-electron chi connectivity index (χ1n) is 29.2. The highest BCUT2D eigenvalue weighted by Crippen LogP contribution is 2.16. The van der Waals surface area contributed by atoms with Gasteiger partial charge in [0.1, 0.15) is 19.5 Å². The quantitative estimate of drug-likeness (QED) is 0.0339. The van der Waals surface area contributed by atoms with Crippen molar-refractivity contribution in [3.63, 3.8) is 0 Å². The lowest BCUT2D eigenvalue weighted by Crippen LogP contribution is -2.39. The minimum Gasteiger partial charge on any atom is -0.465 e. The summed E-state index contributed by atoms with van der Waals surface area (Å²) in [5.74, 6) is -3.99. The normalized spacial score (nSPS) is 11.2. The lowest BCUT2D eigenvalue weighted by molar-refractivity contribution is -0.155. The number of amides is 1. The topological polar surface area (TPSA) is 196 Å². The molecule has 1 aromatic heterocycles. The highest BCUT2D eigenvalue weighted by molar-refractivity contribution is 5.77. The van der Waals surface area contributed by atoms with Crippen LogP contribution in [0.5, 0.6) is 0 Å². The first kappa shape index (κ1) is 67.5. The van der Waals surface area contributed by atoms with Crippen LogP contribution in [-0.4, -0.2) is 109 Å². The maximum atomic E-state index is 13.5. The second-order valence-electron chi connectivity index (χ2n) is 20.0. The van der Waals surface area contributed by atoms with Crippen molar-refractivity contribution in [2.24, 2.45) is 11.8 Å². The molecule has 0 aliphatic rings. The molecule has 16 nitrogen and oxygen atoms in total. The number of rotatable bonds is 50. The SMILES string of the molecule is CCCCCCCCCC(=O)OCC(COC(=O)CCCCCCCCC)CC(=O)OCCN(CCOC(=O)CC(COC(=O)CCCCCCCCC)COC(=O)CCCCCCCCC)C(=O)n1ccnc1. The minimum atomic E-state index is -0.632. The number of esters is 6. The van der Waals surface area contributed by atoms with Crippen molar-refractivity contribution >= 4 is 41.8 Å². The Kier molecular flexibility index (Phi) is 43.9. The van der Waals surface area contributed by atoms with E-state index in [9.17, 15) is 33.6 Å². The molecule has 0 aromatic carbocycles. The molecular formula is C58H101N3O13. The fraction of sp³-hybridized carbons (Fsp3) is 0.828. The average Bonchev–Trinajstić information content (AvgIpc) is 3.94. The van der Waals surface area contributed by atoms with Gasteiger partial charge in [0.15, 0.2) is 0 Å². The number of unbranched alkanes of at least 4 members (excludes halogenated alkanes) is 24. The van der Waals surface area contributed by atoms with Crippen molar-refractivity contribution in [2.45, 2.75) is 246 Å². The summed E-state index contributed by atoms with van der Waals surface area (Å²) >= 11 is 0. The van der Waals surface area contributed by atoms with E-state index in [-0.39, 0.29) is 115 Å². The number of carbonyl (C=O) groups excluding carboxylic acids is 7. The van der Waals surface area contributed by atoms with E-state index in [0.717, 1.165) is 77.0 Å². The molecule has 1 amide bonds. The van der Waals surface area contributed by atoms with Gasteiger partial charge in [-0.1, -0.05) is 182 Å². The lowest BCUT2D eigenvalue weighted by Gasteiger charge is -2.23. The highest BCUT2D eigenvalue weighted by Gasteiger charge is 2.23. The molecule has 0 bridgehead atoms. The number of ether oxygens (including phenoxy) is 6. The molecule has 1 aromatic rings. The van der Waals surface area contributed by atoms with Crippen LogP contribution in [0.15, 0.2) is 18.7 Å². The van der Waals surface area contributed by atoms with E-state index in [0.29, 0.717) is 25.7 Å². The molecule has 0 aliphatic carbocycles. The first-order chi connectivity index (χ1) is 36.0. The minimum absolute atomic E-state index is 0.0577. The van der Waals surface area contributed by atoms with E-state index in [1.807, 2.05) is 0 Å². The average molecular weight is 1050 g/mol. The van der Waals surface area contributed by atoms with E-state index in [1.165, 1.54) is 105 Å². The summed E-state index contributed by atoms with van der Waals surface area (Å²) in [6, 6.07) is -0.494. The number of aromatic nitrogens is 2. The predicted molar refractivity (Wildman–Crippen MR) is 287 cm³/mol. The standard InChI is InChI=1S/C58H101N3O13/c1-5-9-13-17-21-25-29-33-52(62)71-45-50(46-72-53(63)34-30-26-22-18-14-10-6-2)43-56(66)69-41-39-60(58(68)61-38-37-59-49-61)40-42-70-57(67)44-51(47-73-54(64)35-31-27-23-19-15-11-7-3)48-74-55(65)36-32-28-24-20-16-12-8-4/h37-38,49-51H,5-36,39-48H2,1-4H3. The Balaban J connectivity index is 2.84. The summed E-state index contributed by atoms with van der Waals surface area (Å²) in [4.78, 5) is 95.9. The molecule has 74 heavy (non-hydrogen) atoms. The van der Waals surface area contributed by atoms with Crippen LogP contribution in [0.2, 0.25) is 0 Å². The van der Waals surface area contributed by atoms with Crippen molar-refractivity contribution in [1.29, 1.82) is 0 Å². The van der Waals surface area contributed by atoms with Gasteiger partial charge < -0.3 is 33.3 Å². The van der Waals surface area contributed by atoms with Gasteiger partial charge in [0, 0.05) is 49.9 Å². The van der Waals surface area contributed by atoms with Gasteiger partial charge in [0.2, 0.25) is 0 Å². The fourth-order valence-electron chi connectivity index (χ4n) is 8.34. The fourth-order valence-corrected chi connectivity index (χ4v) is 8.34. The molecule has 0 aliphatic heterocycles. The Morgan fingerprint density at radius 1 is 0.392 bits per heavy atom. The zero-order valence-corrected chi connectivity index (χ0v) is 46.7. The van der Waals surface area contributed by atoms with Gasteiger partial charge in [0.05, 0.1) is 52.4 Å². The molecular weight excluding hydrogens is 947 g/mol. The molecule has 0 N–H and O–H groups in total. The summed E-state index contributed by atoms with van der Waals surface area (Å²) < 4.78 is 34.6. The van der Waals surface area contributed by atoms with Crippen LogP contribution >= 0.6 is 0 Å². The third-order valence-corrected chi connectivity index (χ3v) is 13.0. The van der Waals surface area contributed by atoms with Gasteiger partial charge in [0.25, 0.3) is 0 Å². The maximum absolute atomic E-state index is 13.5. The summed E-state index contributed by atoms with van der Waals surface area (Å²) in [6.07, 6.45) is 34.6. The summed E-state index contributed by atoms with van der Waals surface area (Å²) in [6.45, 7) is 7.71. The second kappa shape index (κ2) is 48.2. The zero-order valence-electron chi connectivity index (χ0n) is 46.7. The predicted octanol–water partition coefficient (Wildman–Crippen LogP) is 13.0. The Morgan fingerprint density at radius 2 is 0.676 bits per heavy atom. The van der Waals surface area contributed by atoms with Crippen LogP contribution in [-0.2, 0) is 57.2 Å². The van der Waals surface area contributed by atoms with Gasteiger partial charge in [-0.3, -0.25) is 33.3 Å². The number of nitrogens with zero attached hydrogens (tertiary/aromatic N) is 3. The molecule has 1 rings (SSSR count). The molecule has 1 heterocycles. The van der Waals surface area contributed by atoms with Crippen molar-refractivity contribution < 1.29 is 62.0 Å². The Morgan fingerprint density at radius 3 is 0.946 bits per heavy atom. The summed E-state index contributed by atoms with van der Waals surface area (Å²) in [5.41, 5.74) is 0. The summed E-state index contributed by atoms with van der Waals surface area (Å²) in [7, 11) is 0. The maximum Gasteiger partial charge on any atom is 0.329 e. The molecule has 16 heteroatoms. The molecule has 0 unspecified atom stereocenters. The summed E-state index contributed by atoms with van der Waals surface area (Å²) in [5, 5.41) is 0. The largest absolute Gasteiger partial charge is 0.465 e. The van der Waals surface area contributed by atoms with Crippen LogP contribution in [0, 0.1) is 11.8 Å². The van der Waals surface area contributed by atoms with Crippen molar-refractivity contribution in [3.05, 3.63) is 18.7 Å². The van der Waals surface area contributed by atoms with E-state index in [2.05, 4.69) is 32.7 Å². The van der Waals surface area contributed by atoms with Gasteiger partial charge in [-0.2, -0.15) is 0 Å². The molecule has 0 saturated heterocycles. The second-order valence-corrected chi connectivity index (χ2v) is 20.0. The van der Waals surface area contributed by atoms with Gasteiger partial charge in [-0.25, -0.2) is 9.78 Å². The molecule has 0 atom stereocenters. The van der Waals surface area contributed by atoms with E-state index in [1.54, 1.807) is 0 Å². The zero-order chi connectivity index (χ0) is 54.1. The van der Waals surface area contributed by atoms with Crippen LogP contribution < -0.4 is 0 Å². The first-order valence-corrected chi connectivity index (χ1v) is 29.2. The number of hydrogen-bond acceptors (Lipinski definition) is 14. The third-order valence-electron chi connectivity index (χ3n) is 13.0. The Bertz CT molecular complexity index is 1430. The molecule has 0 spiro atoms. The van der Waals surface area contributed by atoms with Crippen molar-refractivity contribution in [1.82, 2.24) is 14.5 Å². The van der Waals surface area contributed by atoms with E-state index < -0.39 is 29.8 Å². The van der Waals surface area contributed by atoms with E-state index in [4.69, 9.17) is 28.4 Å². The molecule has 0 fully saturated rings. The van der Waals surface area contributed by atoms with Crippen molar-refractivity contribution in [2.75, 3.05) is 52.7 Å². The van der Waals surface area contributed by atoms with Crippen LogP contribution in [0.1, 0.15) is 246 Å². The smallest absolute Gasteiger partial charge is 0.329 e. The van der Waals surface area contributed by atoms with Crippen LogP contribution in [0.4, 0.5) is 4.79 Å². The van der Waals surface area contributed by atoms with Gasteiger partial charge >= 0.3 is 41.8 Å².